The second-order valence-electron chi connectivity index (χ2n) is 5.32. The first-order valence-electron chi connectivity index (χ1n) is 6.91. The third-order valence-electron chi connectivity index (χ3n) is 3.80. The molecule has 0 atom stereocenters. The summed E-state index contributed by atoms with van der Waals surface area (Å²) in [4.78, 5) is 5.39. The van der Waals surface area contributed by atoms with Crippen molar-refractivity contribution in [2.24, 2.45) is 0 Å². The lowest BCUT2D eigenvalue weighted by Gasteiger charge is -2.29. The lowest BCUT2D eigenvalue weighted by atomic mass is 10.3. The summed E-state index contributed by atoms with van der Waals surface area (Å²) >= 11 is 4.31. The van der Waals surface area contributed by atoms with E-state index in [2.05, 4.69) is 47.2 Å². The third-order valence-corrected chi connectivity index (χ3v) is 6.29. The van der Waals surface area contributed by atoms with Gasteiger partial charge in [0, 0.05) is 48.2 Å². The molecule has 0 spiro atoms. The highest BCUT2D eigenvalue weighted by Gasteiger charge is 2.23. The first kappa shape index (κ1) is 14.0. The Morgan fingerprint density at radius 1 is 0.941 bits per heavy atom. The van der Waals surface area contributed by atoms with Crippen molar-refractivity contribution < 1.29 is 0 Å². The molecular weight excluding hydrogens is 248 g/mol. The summed E-state index contributed by atoms with van der Waals surface area (Å²) in [6.45, 7) is 9.81. The molecule has 0 unspecified atom stereocenters. The van der Waals surface area contributed by atoms with Crippen molar-refractivity contribution in [3.63, 3.8) is 0 Å². The molecule has 0 amide bonds. The van der Waals surface area contributed by atoms with E-state index in [1.54, 1.807) is 0 Å². The molecule has 0 N–H and O–H groups in total. The van der Waals surface area contributed by atoms with Crippen LogP contribution in [0.5, 0.6) is 0 Å². The molecule has 0 bridgehead atoms. The first-order chi connectivity index (χ1) is 8.27. The Kier molecular flexibility index (Phi) is 6.00. The molecule has 100 valence electrons. The number of nitrogens with zero attached hydrogens (tertiary/aromatic N) is 2. The van der Waals surface area contributed by atoms with E-state index in [1.165, 1.54) is 55.6 Å². The van der Waals surface area contributed by atoms with Gasteiger partial charge in [-0.15, -0.1) is 0 Å². The van der Waals surface area contributed by atoms with Crippen LogP contribution in [0.1, 0.15) is 20.3 Å². The molecule has 2 heterocycles. The van der Waals surface area contributed by atoms with Crippen molar-refractivity contribution >= 4 is 23.5 Å². The zero-order chi connectivity index (χ0) is 12.1. The molecule has 0 aliphatic carbocycles. The number of hydrogen-bond donors (Lipinski definition) is 0. The van der Waals surface area contributed by atoms with Crippen LogP contribution in [0.2, 0.25) is 0 Å². The van der Waals surface area contributed by atoms with Gasteiger partial charge in [0.1, 0.15) is 0 Å². The van der Waals surface area contributed by atoms with E-state index >= 15 is 0 Å². The van der Waals surface area contributed by atoms with Crippen LogP contribution >= 0.6 is 23.5 Å². The molecule has 17 heavy (non-hydrogen) atoms. The Labute approximate surface area is 115 Å². The van der Waals surface area contributed by atoms with Crippen LogP contribution < -0.4 is 0 Å². The maximum atomic E-state index is 2.76. The third kappa shape index (κ3) is 4.34. The fourth-order valence-electron chi connectivity index (χ4n) is 2.65. The number of rotatable bonds is 2. The molecule has 2 nitrogen and oxygen atoms in total. The predicted octanol–water partition coefficient (Wildman–Crippen LogP) is 2.25. The monoisotopic (exact) mass is 274 g/mol. The van der Waals surface area contributed by atoms with E-state index in [4.69, 9.17) is 0 Å². The van der Waals surface area contributed by atoms with E-state index in [9.17, 15) is 0 Å². The number of hydrogen-bond acceptors (Lipinski definition) is 4. The van der Waals surface area contributed by atoms with Crippen molar-refractivity contribution in [3.05, 3.63) is 0 Å². The Morgan fingerprint density at radius 2 is 1.65 bits per heavy atom. The largest absolute Gasteiger partial charge is 0.300 e. The van der Waals surface area contributed by atoms with Crippen molar-refractivity contribution in [1.82, 2.24) is 9.80 Å². The van der Waals surface area contributed by atoms with Gasteiger partial charge < -0.3 is 0 Å². The Balaban J connectivity index is 1.84. The van der Waals surface area contributed by atoms with Gasteiger partial charge in [-0.1, -0.05) is 0 Å². The van der Waals surface area contributed by atoms with Crippen molar-refractivity contribution in [2.45, 2.75) is 32.4 Å². The van der Waals surface area contributed by atoms with E-state index in [0.29, 0.717) is 6.04 Å². The van der Waals surface area contributed by atoms with Gasteiger partial charge in [-0.2, -0.15) is 23.5 Å². The molecule has 0 saturated carbocycles. The minimum Gasteiger partial charge on any atom is -0.300 e. The highest BCUT2D eigenvalue weighted by molar-refractivity contribution is 8.03. The Hall–Kier alpha value is 0.620. The molecule has 0 radical (unpaired) electrons. The smallest absolute Gasteiger partial charge is 0.0277 e. The molecule has 0 aromatic carbocycles. The van der Waals surface area contributed by atoms with Gasteiger partial charge in [0.15, 0.2) is 0 Å². The topological polar surface area (TPSA) is 6.48 Å². The lowest BCUT2D eigenvalue weighted by Crippen LogP contribution is -2.42. The molecule has 0 aromatic heterocycles. The Bertz CT molecular complexity index is 215. The quantitative estimate of drug-likeness (QED) is 0.761. The Morgan fingerprint density at radius 3 is 2.29 bits per heavy atom. The fourth-order valence-corrected chi connectivity index (χ4v) is 5.28. The highest BCUT2D eigenvalue weighted by Crippen LogP contribution is 2.21. The van der Waals surface area contributed by atoms with E-state index in [1.807, 2.05) is 0 Å². The zero-order valence-electron chi connectivity index (χ0n) is 11.2. The minimum absolute atomic E-state index is 0.716. The van der Waals surface area contributed by atoms with Crippen LogP contribution in [0.4, 0.5) is 0 Å². The summed E-state index contributed by atoms with van der Waals surface area (Å²) in [6, 6.07) is 1.55. The van der Waals surface area contributed by atoms with Crippen molar-refractivity contribution in [3.8, 4) is 0 Å². The second-order valence-corrected chi connectivity index (χ2v) is 7.62. The second kappa shape index (κ2) is 7.27. The maximum absolute atomic E-state index is 2.76. The maximum Gasteiger partial charge on any atom is 0.0277 e. The molecule has 0 aromatic rings. The van der Waals surface area contributed by atoms with Gasteiger partial charge in [0.05, 0.1) is 0 Å². The summed E-state index contributed by atoms with van der Waals surface area (Å²) in [5, 5.41) is 0. The fraction of sp³-hybridized carbons (Fsp3) is 1.00. The molecule has 2 aliphatic heterocycles. The first-order valence-corrected chi connectivity index (χ1v) is 9.22. The van der Waals surface area contributed by atoms with Crippen LogP contribution in [-0.2, 0) is 0 Å². The van der Waals surface area contributed by atoms with E-state index in [0.717, 1.165) is 6.04 Å². The van der Waals surface area contributed by atoms with Gasteiger partial charge in [-0.05, 0) is 33.4 Å². The van der Waals surface area contributed by atoms with Crippen molar-refractivity contribution in [1.29, 1.82) is 0 Å². The van der Waals surface area contributed by atoms with Crippen LogP contribution in [0.15, 0.2) is 0 Å². The van der Waals surface area contributed by atoms with Gasteiger partial charge in [-0.25, -0.2) is 0 Å². The molecule has 2 saturated heterocycles. The van der Waals surface area contributed by atoms with Crippen LogP contribution in [-0.4, -0.2) is 71.1 Å². The van der Waals surface area contributed by atoms with Gasteiger partial charge in [0.2, 0.25) is 0 Å². The summed E-state index contributed by atoms with van der Waals surface area (Å²) < 4.78 is 0. The minimum atomic E-state index is 0.716. The SMILES string of the molecule is CC(C)N1CCCN(C2CSCCSC2)CC1. The molecule has 4 heteroatoms. The lowest BCUT2D eigenvalue weighted by molar-refractivity contribution is 0.205. The summed E-state index contributed by atoms with van der Waals surface area (Å²) in [7, 11) is 0. The van der Waals surface area contributed by atoms with Gasteiger partial charge in [0.25, 0.3) is 0 Å². The van der Waals surface area contributed by atoms with Crippen LogP contribution in [0.3, 0.4) is 0 Å². The van der Waals surface area contributed by atoms with Crippen molar-refractivity contribution in [2.75, 3.05) is 49.2 Å². The van der Waals surface area contributed by atoms with Gasteiger partial charge in [-0.3, -0.25) is 9.80 Å². The molecule has 2 aliphatic rings. The summed E-state index contributed by atoms with van der Waals surface area (Å²) in [5.41, 5.74) is 0. The summed E-state index contributed by atoms with van der Waals surface area (Å²) in [6.07, 6.45) is 1.35. The van der Waals surface area contributed by atoms with E-state index in [-0.39, 0.29) is 0 Å². The highest BCUT2D eigenvalue weighted by atomic mass is 32.2. The normalized spacial score (nSPS) is 27.0. The summed E-state index contributed by atoms with van der Waals surface area (Å²) in [5.74, 6) is 5.42. The van der Waals surface area contributed by atoms with Crippen LogP contribution in [0.25, 0.3) is 0 Å². The molecule has 2 rings (SSSR count). The number of thioether (sulfide) groups is 2. The molecule has 2 fully saturated rings. The molecular formula is C13H26N2S2. The van der Waals surface area contributed by atoms with E-state index < -0.39 is 0 Å². The average Bonchev–Trinajstić information content (AvgIpc) is 2.71. The van der Waals surface area contributed by atoms with Gasteiger partial charge >= 0.3 is 0 Å². The van der Waals surface area contributed by atoms with Crippen LogP contribution in [0, 0.1) is 0 Å². The predicted molar refractivity (Wildman–Crippen MR) is 81.3 cm³/mol. The zero-order valence-corrected chi connectivity index (χ0v) is 12.9. The standard InChI is InChI=1S/C13H26N2S2/c1-12(2)14-4-3-5-15(7-6-14)13-10-16-8-9-17-11-13/h12-13H,3-11H2,1-2H3. The average molecular weight is 274 g/mol.